The number of halogens is 2. The topological polar surface area (TPSA) is 52.7 Å². The molecule has 0 radical (unpaired) electrons. The van der Waals surface area contributed by atoms with Gasteiger partial charge in [0.1, 0.15) is 6.04 Å². The molecule has 7 heteroatoms. The van der Waals surface area contributed by atoms with E-state index in [-0.39, 0.29) is 36.3 Å². The minimum absolute atomic E-state index is 0. The van der Waals surface area contributed by atoms with Gasteiger partial charge in [0.2, 0.25) is 5.91 Å². The molecule has 1 aliphatic carbocycles. The summed E-state index contributed by atoms with van der Waals surface area (Å²) in [6, 6.07) is 6.93. The van der Waals surface area contributed by atoms with Crippen LogP contribution in [0.15, 0.2) is 24.3 Å². The summed E-state index contributed by atoms with van der Waals surface area (Å²) >= 11 is 5.99. The van der Waals surface area contributed by atoms with E-state index in [9.17, 15) is 9.59 Å². The fraction of sp³-hybridized carbons (Fsp3) is 0.619. The number of amides is 2. The number of nitrogens with zero attached hydrogens (tertiary/aromatic N) is 2. The van der Waals surface area contributed by atoms with Gasteiger partial charge in [-0.1, -0.05) is 24.4 Å². The Hall–Kier alpha value is -1.30. The average Bonchev–Trinajstić information content (AvgIpc) is 2.86. The van der Waals surface area contributed by atoms with E-state index in [2.05, 4.69) is 5.32 Å². The lowest BCUT2D eigenvalue weighted by Crippen LogP contribution is -2.51. The van der Waals surface area contributed by atoms with Crippen LogP contribution in [0.5, 0.6) is 0 Å². The number of hydrogen-bond acceptors (Lipinski definition) is 3. The predicted octanol–water partition coefficient (Wildman–Crippen LogP) is 3.36. The maximum Gasteiger partial charge on any atom is 0.254 e. The highest BCUT2D eigenvalue weighted by atomic mass is 35.5. The predicted molar refractivity (Wildman–Crippen MR) is 113 cm³/mol. The summed E-state index contributed by atoms with van der Waals surface area (Å²) in [5.74, 6) is 0.567. The average molecular weight is 426 g/mol. The van der Waals surface area contributed by atoms with Crippen molar-refractivity contribution < 1.29 is 9.59 Å². The molecule has 2 amide bonds. The smallest absolute Gasteiger partial charge is 0.254 e. The molecule has 2 saturated heterocycles. The Bertz CT molecular complexity index is 689. The van der Waals surface area contributed by atoms with E-state index in [4.69, 9.17) is 11.6 Å². The van der Waals surface area contributed by atoms with Crippen LogP contribution in [0.4, 0.5) is 0 Å². The number of nitrogens with one attached hydrogen (secondary N) is 1. The van der Waals surface area contributed by atoms with Crippen molar-refractivity contribution in [2.45, 2.75) is 50.6 Å². The maximum absolute atomic E-state index is 13.4. The first-order valence-electron chi connectivity index (χ1n) is 10.2. The number of likely N-dealkylation sites (tertiary alicyclic amines) is 1. The van der Waals surface area contributed by atoms with Gasteiger partial charge in [0, 0.05) is 36.3 Å². The number of carbonyl (C=O) groups excluding carboxylic acids is 2. The number of fused-ring (bicyclic) bond motifs is 1. The Morgan fingerprint density at radius 1 is 1.00 bits per heavy atom. The van der Waals surface area contributed by atoms with Crippen molar-refractivity contribution >= 4 is 35.8 Å². The van der Waals surface area contributed by atoms with Gasteiger partial charge in [-0.3, -0.25) is 9.59 Å². The second-order valence-electron chi connectivity index (χ2n) is 8.01. The molecule has 1 N–H and O–H groups in total. The second-order valence-corrected chi connectivity index (χ2v) is 8.45. The Labute approximate surface area is 178 Å². The van der Waals surface area contributed by atoms with Gasteiger partial charge in [0.05, 0.1) is 0 Å². The molecule has 1 saturated carbocycles. The number of carbonyl (C=O) groups is 2. The largest absolute Gasteiger partial charge is 0.340 e. The highest BCUT2D eigenvalue weighted by molar-refractivity contribution is 6.30. The van der Waals surface area contributed by atoms with Crippen LogP contribution in [0, 0.1) is 5.92 Å². The van der Waals surface area contributed by atoms with Crippen LogP contribution in [0.25, 0.3) is 0 Å². The second kappa shape index (κ2) is 9.47. The third kappa shape index (κ3) is 4.32. The van der Waals surface area contributed by atoms with Crippen LogP contribution in [-0.4, -0.2) is 59.9 Å². The van der Waals surface area contributed by atoms with Crippen LogP contribution in [-0.2, 0) is 4.79 Å². The lowest BCUT2D eigenvalue weighted by molar-refractivity contribution is -0.135. The molecule has 1 aromatic rings. The lowest BCUT2D eigenvalue weighted by Gasteiger charge is -2.35. The van der Waals surface area contributed by atoms with Crippen molar-refractivity contribution in [1.82, 2.24) is 15.1 Å². The van der Waals surface area contributed by atoms with Crippen LogP contribution in [0.2, 0.25) is 5.02 Å². The summed E-state index contributed by atoms with van der Waals surface area (Å²) in [7, 11) is 0. The summed E-state index contributed by atoms with van der Waals surface area (Å²) in [6.45, 7) is 3.29. The van der Waals surface area contributed by atoms with Crippen molar-refractivity contribution in [3.63, 3.8) is 0 Å². The van der Waals surface area contributed by atoms with E-state index < -0.39 is 0 Å². The fourth-order valence-corrected chi connectivity index (χ4v) is 5.12. The van der Waals surface area contributed by atoms with Gasteiger partial charge in [-0.25, -0.2) is 0 Å². The zero-order chi connectivity index (χ0) is 18.8. The SMILES string of the molecule is Cl.O=C(C1CC2CCCCC2N1C(=O)c1ccc(Cl)cc1)N1CCCNCC1. The molecule has 2 heterocycles. The van der Waals surface area contributed by atoms with Crippen molar-refractivity contribution in [3.8, 4) is 0 Å². The molecule has 3 unspecified atom stereocenters. The number of hydrogen-bond donors (Lipinski definition) is 1. The first-order chi connectivity index (χ1) is 13.1. The zero-order valence-corrected chi connectivity index (χ0v) is 17.7. The van der Waals surface area contributed by atoms with Crippen LogP contribution < -0.4 is 5.32 Å². The van der Waals surface area contributed by atoms with Crippen LogP contribution in [0.1, 0.15) is 48.9 Å². The van der Waals surface area contributed by atoms with E-state index >= 15 is 0 Å². The first kappa shape index (κ1) is 21.4. The molecule has 2 aliphatic heterocycles. The van der Waals surface area contributed by atoms with Crippen molar-refractivity contribution in [1.29, 1.82) is 0 Å². The highest BCUT2D eigenvalue weighted by Gasteiger charge is 2.48. The summed E-state index contributed by atoms with van der Waals surface area (Å²) in [5.41, 5.74) is 0.626. The molecular formula is C21H29Cl2N3O2. The highest BCUT2D eigenvalue weighted by Crippen LogP contribution is 2.41. The number of benzene rings is 1. The zero-order valence-electron chi connectivity index (χ0n) is 16.1. The van der Waals surface area contributed by atoms with Crippen molar-refractivity contribution in [3.05, 3.63) is 34.9 Å². The standard InChI is InChI=1S/C21H28ClN3O2.ClH/c22-17-8-6-15(7-9-17)20(26)25-18-5-2-1-4-16(18)14-19(25)21(27)24-12-3-10-23-11-13-24;/h6-9,16,18-19,23H,1-5,10-14H2;1H. The Balaban J connectivity index is 0.00000225. The van der Waals surface area contributed by atoms with E-state index in [1.54, 1.807) is 24.3 Å². The van der Waals surface area contributed by atoms with Gasteiger partial charge in [-0.05, 0) is 62.4 Å². The molecule has 1 aromatic carbocycles. The normalized spacial score (nSPS) is 27.5. The first-order valence-corrected chi connectivity index (χ1v) is 10.6. The van der Waals surface area contributed by atoms with Gasteiger partial charge < -0.3 is 15.1 Å². The molecule has 154 valence electrons. The third-order valence-electron chi connectivity index (χ3n) is 6.35. The Morgan fingerprint density at radius 2 is 1.75 bits per heavy atom. The molecule has 0 aromatic heterocycles. The van der Waals surface area contributed by atoms with Gasteiger partial charge in [-0.15, -0.1) is 12.4 Å². The van der Waals surface area contributed by atoms with E-state index in [1.165, 1.54) is 6.42 Å². The van der Waals surface area contributed by atoms with Gasteiger partial charge in [-0.2, -0.15) is 0 Å². The van der Waals surface area contributed by atoms with Crippen LogP contribution >= 0.6 is 24.0 Å². The molecular weight excluding hydrogens is 397 g/mol. The van der Waals surface area contributed by atoms with Gasteiger partial charge in [0.25, 0.3) is 5.91 Å². The molecule has 3 atom stereocenters. The third-order valence-corrected chi connectivity index (χ3v) is 6.60. The van der Waals surface area contributed by atoms with Crippen molar-refractivity contribution in [2.24, 2.45) is 5.92 Å². The minimum Gasteiger partial charge on any atom is -0.340 e. The monoisotopic (exact) mass is 425 g/mol. The lowest BCUT2D eigenvalue weighted by atomic mass is 9.84. The quantitative estimate of drug-likeness (QED) is 0.789. The minimum atomic E-state index is -0.320. The molecule has 0 bridgehead atoms. The summed E-state index contributed by atoms with van der Waals surface area (Å²) < 4.78 is 0. The maximum atomic E-state index is 13.4. The molecule has 3 aliphatic rings. The van der Waals surface area contributed by atoms with Gasteiger partial charge >= 0.3 is 0 Å². The number of rotatable bonds is 2. The van der Waals surface area contributed by atoms with Crippen LogP contribution in [0.3, 0.4) is 0 Å². The van der Waals surface area contributed by atoms with E-state index in [0.29, 0.717) is 16.5 Å². The molecule has 0 spiro atoms. The Morgan fingerprint density at radius 3 is 2.54 bits per heavy atom. The molecule has 28 heavy (non-hydrogen) atoms. The summed E-state index contributed by atoms with van der Waals surface area (Å²) in [4.78, 5) is 30.6. The molecule has 3 fully saturated rings. The Kier molecular flexibility index (Phi) is 7.24. The van der Waals surface area contributed by atoms with E-state index in [0.717, 1.165) is 58.3 Å². The molecule has 4 rings (SSSR count). The summed E-state index contributed by atoms with van der Waals surface area (Å²) in [5, 5.41) is 3.97. The fourth-order valence-electron chi connectivity index (χ4n) is 4.99. The van der Waals surface area contributed by atoms with E-state index in [1.807, 2.05) is 9.80 Å². The van der Waals surface area contributed by atoms with Gasteiger partial charge in [0.15, 0.2) is 0 Å². The summed E-state index contributed by atoms with van der Waals surface area (Å²) in [6.07, 6.45) is 6.26. The molecule has 5 nitrogen and oxygen atoms in total. The van der Waals surface area contributed by atoms with Crippen molar-refractivity contribution in [2.75, 3.05) is 26.2 Å².